The molecular weight excluding hydrogens is 300 g/mol. The quantitative estimate of drug-likeness (QED) is 0.676. The molecule has 0 spiro atoms. The molecule has 1 aliphatic rings. The van der Waals surface area contributed by atoms with Crippen molar-refractivity contribution in [3.8, 4) is 0 Å². The first kappa shape index (κ1) is 14.5. The summed E-state index contributed by atoms with van der Waals surface area (Å²) in [5.41, 5.74) is 3.11. The molecule has 1 aromatic heterocycles. The van der Waals surface area contributed by atoms with Crippen LogP contribution in [0, 0.1) is 0 Å². The van der Waals surface area contributed by atoms with E-state index in [0.717, 1.165) is 11.3 Å². The monoisotopic (exact) mass is 314 g/mol. The Morgan fingerprint density at radius 3 is 2.86 bits per heavy atom. The van der Waals surface area contributed by atoms with Crippen LogP contribution in [0.25, 0.3) is 0 Å². The van der Waals surface area contributed by atoms with Gasteiger partial charge in [-0.05, 0) is 37.6 Å². The van der Waals surface area contributed by atoms with Gasteiger partial charge in [0.1, 0.15) is 5.69 Å². The Morgan fingerprint density at radius 2 is 2.09 bits per heavy atom. The van der Waals surface area contributed by atoms with Crippen LogP contribution in [0.5, 0.6) is 0 Å². The number of nitrogens with zero attached hydrogens (tertiary/aromatic N) is 3. The average molecular weight is 315 g/mol. The van der Waals surface area contributed by atoms with Gasteiger partial charge in [-0.15, -0.1) is 0 Å². The molecule has 6 heteroatoms. The van der Waals surface area contributed by atoms with Gasteiger partial charge in [0, 0.05) is 6.54 Å². The van der Waals surface area contributed by atoms with Gasteiger partial charge in [-0.1, -0.05) is 23.8 Å². The molecule has 2 heterocycles. The predicted molar refractivity (Wildman–Crippen MR) is 87.9 cm³/mol. The minimum Gasteiger partial charge on any atom is -0.351 e. The normalized spacial score (nSPS) is 12.9. The fourth-order valence-corrected chi connectivity index (χ4v) is 2.38. The number of allylic oxidation sites excluding steroid dienone is 1. The molecule has 0 radical (unpaired) electrons. The van der Waals surface area contributed by atoms with Gasteiger partial charge in [0.05, 0.1) is 17.4 Å². The second-order valence-corrected chi connectivity index (χ2v) is 5.58. The summed E-state index contributed by atoms with van der Waals surface area (Å²) < 4.78 is 0. The molecule has 1 aliphatic heterocycles. The first-order valence-electron chi connectivity index (χ1n) is 6.90. The minimum absolute atomic E-state index is 0.113. The van der Waals surface area contributed by atoms with Crippen molar-refractivity contribution >= 4 is 34.7 Å². The second kappa shape index (κ2) is 5.77. The minimum atomic E-state index is -0.117. The van der Waals surface area contributed by atoms with E-state index in [2.05, 4.69) is 15.3 Å². The van der Waals surface area contributed by atoms with E-state index < -0.39 is 0 Å². The van der Waals surface area contributed by atoms with Crippen molar-refractivity contribution in [2.24, 2.45) is 0 Å². The molecule has 5 nitrogen and oxygen atoms in total. The maximum Gasteiger partial charge on any atom is 0.261 e. The van der Waals surface area contributed by atoms with E-state index >= 15 is 0 Å². The Morgan fingerprint density at radius 1 is 1.32 bits per heavy atom. The zero-order chi connectivity index (χ0) is 15.7. The van der Waals surface area contributed by atoms with Crippen molar-refractivity contribution < 1.29 is 4.79 Å². The van der Waals surface area contributed by atoms with E-state index in [1.165, 1.54) is 0 Å². The number of benzene rings is 1. The summed E-state index contributed by atoms with van der Waals surface area (Å²) in [7, 11) is 0. The number of aromatic nitrogens is 2. The molecule has 2 aromatic rings. The Bertz CT molecular complexity index is 768. The van der Waals surface area contributed by atoms with E-state index in [9.17, 15) is 4.79 Å². The Hall–Kier alpha value is -2.40. The Balaban J connectivity index is 2.16. The smallest absolute Gasteiger partial charge is 0.261 e. The first-order valence-corrected chi connectivity index (χ1v) is 7.28. The molecule has 0 unspecified atom stereocenters. The number of halogens is 1. The Labute approximate surface area is 133 Å². The van der Waals surface area contributed by atoms with Crippen molar-refractivity contribution in [3.63, 3.8) is 0 Å². The summed E-state index contributed by atoms with van der Waals surface area (Å²) in [5, 5.41) is 3.32. The van der Waals surface area contributed by atoms with E-state index in [4.69, 9.17) is 11.6 Å². The second-order valence-electron chi connectivity index (χ2n) is 5.24. The van der Waals surface area contributed by atoms with Crippen LogP contribution in [-0.2, 0) is 0 Å². The third-order valence-corrected chi connectivity index (χ3v) is 3.53. The number of carbonyl (C=O) groups excluding carboxylic acids is 1. The highest BCUT2D eigenvalue weighted by molar-refractivity contribution is 6.28. The highest BCUT2D eigenvalue weighted by Crippen LogP contribution is 2.34. The molecule has 1 amide bonds. The van der Waals surface area contributed by atoms with Gasteiger partial charge in [-0.2, -0.15) is 4.98 Å². The number of carbonyl (C=O) groups is 1. The molecule has 22 heavy (non-hydrogen) atoms. The van der Waals surface area contributed by atoms with Crippen LogP contribution < -0.4 is 10.2 Å². The molecule has 1 N–H and O–H groups in total. The molecule has 0 saturated heterocycles. The number of anilines is 3. The maximum atomic E-state index is 12.9. The van der Waals surface area contributed by atoms with Gasteiger partial charge in [-0.25, -0.2) is 4.98 Å². The lowest BCUT2D eigenvalue weighted by Crippen LogP contribution is -2.31. The SMILES string of the molecule is CC(C)=CCN1C(=O)c2ccccc2Nc2cnc(Cl)nc21. The van der Waals surface area contributed by atoms with Crippen LogP contribution in [-0.4, -0.2) is 22.4 Å². The highest BCUT2D eigenvalue weighted by Gasteiger charge is 2.27. The number of para-hydroxylation sites is 1. The van der Waals surface area contributed by atoms with Crippen molar-refractivity contribution in [2.45, 2.75) is 13.8 Å². The molecule has 0 bridgehead atoms. The van der Waals surface area contributed by atoms with E-state index in [-0.39, 0.29) is 11.2 Å². The summed E-state index contributed by atoms with van der Waals surface area (Å²) in [6.07, 6.45) is 3.57. The molecule has 0 fully saturated rings. The van der Waals surface area contributed by atoms with Crippen LogP contribution in [0.4, 0.5) is 17.2 Å². The van der Waals surface area contributed by atoms with Gasteiger partial charge in [0.15, 0.2) is 5.82 Å². The summed E-state index contributed by atoms with van der Waals surface area (Å²) in [6, 6.07) is 7.37. The molecule has 0 saturated carbocycles. The molecule has 0 atom stereocenters. The third kappa shape index (κ3) is 2.67. The lowest BCUT2D eigenvalue weighted by Gasteiger charge is -2.20. The standard InChI is InChI=1S/C16H15ClN4O/c1-10(2)7-8-21-14-13(9-18-16(17)20-14)19-12-6-4-3-5-11(12)15(21)22/h3-7,9,19H,8H2,1-2H3. The fourth-order valence-electron chi connectivity index (χ4n) is 2.25. The van der Waals surface area contributed by atoms with E-state index in [1.54, 1.807) is 17.2 Å². The Kier molecular flexibility index (Phi) is 3.81. The fraction of sp³-hybridized carbons (Fsp3) is 0.188. The topological polar surface area (TPSA) is 58.1 Å². The van der Waals surface area contributed by atoms with Gasteiger partial charge >= 0.3 is 0 Å². The van der Waals surface area contributed by atoms with Gasteiger partial charge in [-0.3, -0.25) is 9.69 Å². The van der Waals surface area contributed by atoms with Gasteiger partial charge in [0.2, 0.25) is 5.28 Å². The molecule has 0 aliphatic carbocycles. The number of amides is 1. The maximum absolute atomic E-state index is 12.9. The molecule has 1 aromatic carbocycles. The summed E-state index contributed by atoms with van der Waals surface area (Å²) in [4.78, 5) is 22.7. The van der Waals surface area contributed by atoms with Crippen LogP contribution in [0.2, 0.25) is 5.28 Å². The molecular formula is C16H15ClN4O. The summed E-state index contributed by atoms with van der Waals surface area (Å²) in [6.45, 7) is 4.41. The summed E-state index contributed by atoms with van der Waals surface area (Å²) in [5.74, 6) is 0.368. The van der Waals surface area contributed by atoms with Crippen LogP contribution in [0.15, 0.2) is 42.1 Å². The van der Waals surface area contributed by atoms with E-state index in [0.29, 0.717) is 23.6 Å². The number of rotatable bonds is 2. The first-order chi connectivity index (χ1) is 10.6. The van der Waals surface area contributed by atoms with Crippen molar-refractivity contribution in [1.82, 2.24) is 9.97 Å². The van der Waals surface area contributed by atoms with Crippen molar-refractivity contribution in [2.75, 3.05) is 16.8 Å². The van der Waals surface area contributed by atoms with Crippen LogP contribution in [0.1, 0.15) is 24.2 Å². The van der Waals surface area contributed by atoms with Crippen molar-refractivity contribution in [1.29, 1.82) is 0 Å². The largest absolute Gasteiger partial charge is 0.351 e. The number of fused-ring (bicyclic) bond motifs is 2. The lowest BCUT2D eigenvalue weighted by atomic mass is 10.1. The third-order valence-electron chi connectivity index (χ3n) is 3.35. The predicted octanol–water partition coefficient (Wildman–Crippen LogP) is 3.80. The zero-order valence-corrected chi connectivity index (χ0v) is 13.1. The van der Waals surface area contributed by atoms with Crippen LogP contribution >= 0.6 is 11.6 Å². The number of hydrogen-bond acceptors (Lipinski definition) is 4. The highest BCUT2D eigenvalue weighted by atomic mass is 35.5. The number of hydrogen-bond donors (Lipinski definition) is 1. The number of nitrogens with one attached hydrogen (secondary N) is 1. The lowest BCUT2D eigenvalue weighted by molar-refractivity contribution is 0.0990. The van der Waals surface area contributed by atoms with E-state index in [1.807, 2.05) is 38.1 Å². The van der Waals surface area contributed by atoms with Gasteiger partial charge < -0.3 is 5.32 Å². The molecule has 112 valence electrons. The molecule has 3 rings (SSSR count). The summed E-state index contributed by atoms with van der Waals surface area (Å²) >= 11 is 5.91. The average Bonchev–Trinajstić information content (AvgIpc) is 2.60. The van der Waals surface area contributed by atoms with Crippen molar-refractivity contribution in [3.05, 3.63) is 53.0 Å². The zero-order valence-electron chi connectivity index (χ0n) is 12.3. The van der Waals surface area contributed by atoms with Gasteiger partial charge in [0.25, 0.3) is 5.91 Å². The van der Waals surface area contributed by atoms with Crippen LogP contribution in [0.3, 0.4) is 0 Å².